The van der Waals surface area contributed by atoms with Gasteiger partial charge in [-0.15, -0.1) is 0 Å². The van der Waals surface area contributed by atoms with E-state index in [9.17, 15) is 9.59 Å². The summed E-state index contributed by atoms with van der Waals surface area (Å²) in [5.41, 5.74) is 3.15. The van der Waals surface area contributed by atoms with Crippen LogP contribution in [0, 0.1) is 0 Å². The summed E-state index contributed by atoms with van der Waals surface area (Å²) in [5, 5.41) is 0. The Kier molecular flexibility index (Phi) is 8.98. The molecule has 3 rings (SSSR count). The molecule has 1 fully saturated rings. The van der Waals surface area contributed by atoms with Gasteiger partial charge in [-0.25, -0.2) is 9.59 Å². The second-order valence-corrected chi connectivity index (χ2v) is 10.6. The summed E-state index contributed by atoms with van der Waals surface area (Å²) in [5.74, 6) is 1.07. The Morgan fingerprint density at radius 3 is 2.28 bits per heavy atom. The summed E-state index contributed by atoms with van der Waals surface area (Å²) in [7, 11) is 11.6. The van der Waals surface area contributed by atoms with Crippen molar-refractivity contribution >= 4 is 17.9 Å². The van der Waals surface area contributed by atoms with E-state index >= 15 is 0 Å². The van der Waals surface area contributed by atoms with E-state index in [1.807, 2.05) is 44.4 Å². The Bertz CT molecular complexity index is 1060. The second kappa shape index (κ2) is 11.8. The molecule has 1 aliphatic rings. The van der Waals surface area contributed by atoms with Crippen LogP contribution in [0.2, 0.25) is 0 Å². The largest absolute Gasteiger partial charge is 0.415 e. The van der Waals surface area contributed by atoms with Crippen molar-refractivity contribution < 1.29 is 19.1 Å². The zero-order chi connectivity index (χ0) is 26.5. The summed E-state index contributed by atoms with van der Waals surface area (Å²) in [6, 6.07) is 13.9. The van der Waals surface area contributed by atoms with Crippen molar-refractivity contribution in [2.75, 3.05) is 55.4 Å². The van der Waals surface area contributed by atoms with Crippen LogP contribution in [-0.2, 0) is 6.54 Å². The fourth-order valence-electron chi connectivity index (χ4n) is 4.28. The standard InChI is InChI=1S/C28H41N4O4/c1-21(29(2)3)23-16-22(17-26(18-23)36-28(34)31-14-9-8-10-15-31)20-32(6,7)24-12-11-13-25(19-24)35-27(33)30(4)5/h11-13,16-19,21H,8-10,14-15,20H2,1-7H3/q+1. The van der Waals surface area contributed by atoms with Gasteiger partial charge in [0.1, 0.15) is 23.7 Å². The zero-order valence-electron chi connectivity index (χ0n) is 22.8. The lowest BCUT2D eigenvalue weighted by atomic mass is 10.0. The minimum atomic E-state index is -0.414. The Morgan fingerprint density at radius 1 is 0.944 bits per heavy atom. The molecule has 0 aliphatic carbocycles. The first-order chi connectivity index (χ1) is 17.0. The molecular formula is C28H41N4O4+. The number of hydrogen-bond donors (Lipinski definition) is 0. The fourth-order valence-corrected chi connectivity index (χ4v) is 4.28. The van der Waals surface area contributed by atoms with Crippen LogP contribution in [0.3, 0.4) is 0 Å². The van der Waals surface area contributed by atoms with Gasteiger partial charge in [0.05, 0.1) is 14.1 Å². The minimum Gasteiger partial charge on any atom is -0.410 e. The first kappa shape index (κ1) is 27.5. The number of benzene rings is 2. The number of quaternary nitrogens is 1. The fraction of sp³-hybridized carbons (Fsp3) is 0.500. The number of carbonyl (C=O) groups excluding carboxylic acids is 2. The quantitative estimate of drug-likeness (QED) is 0.497. The molecule has 2 amide bonds. The van der Waals surface area contributed by atoms with Crippen LogP contribution in [0.5, 0.6) is 11.5 Å². The van der Waals surface area contributed by atoms with Gasteiger partial charge in [0.2, 0.25) is 0 Å². The van der Waals surface area contributed by atoms with Crippen LogP contribution in [0.25, 0.3) is 0 Å². The highest BCUT2D eigenvalue weighted by Gasteiger charge is 2.24. The van der Waals surface area contributed by atoms with E-state index in [0.717, 1.165) is 49.2 Å². The van der Waals surface area contributed by atoms with E-state index in [1.165, 1.54) is 4.90 Å². The van der Waals surface area contributed by atoms with E-state index in [1.54, 1.807) is 25.1 Å². The SMILES string of the molecule is CC(c1cc(C[N+](C)(C)c2cccc(OC(=O)N(C)C)c2)cc(OC(=O)N2CCCCC2)c1)N(C)C. The Morgan fingerprint density at radius 2 is 1.64 bits per heavy atom. The molecular weight excluding hydrogens is 456 g/mol. The Hall–Kier alpha value is -3.10. The van der Waals surface area contributed by atoms with Gasteiger partial charge < -0.3 is 24.2 Å². The number of rotatable bonds is 7. The third kappa shape index (κ3) is 7.21. The van der Waals surface area contributed by atoms with Crippen molar-refractivity contribution in [1.82, 2.24) is 19.2 Å². The van der Waals surface area contributed by atoms with Crippen molar-refractivity contribution in [1.29, 1.82) is 0 Å². The van der Waals surface area contributed by atoms with Gasteiger partial charge in [-0.05, 0) is 76.2 Å². The van der Waals surface area contributed by atoms with Gasteiger partial charge >= 0.3 is 12.2 Å². The minimum absolute atomic E-state index is 0.154. The molecule has 0 aromatic heterocycles. The monoisotopic (exact) mass is 497 g/mol. The van der Waals surface area contributed by atoms with Crippen LogP contribution in [0.15, 0.2) is 42.5 Å². The number of ether oxygens (including phenoxy) is 2. The molecule has 8 heteroatoms. The summed E-state index contributed by atoms with van der Waals surface area (Å²) in [4.78, 5) is 30.2. The van der Waals surface area contributed by atoms with Crippen molar-refractivity contribution in [3.8, 4) is 11.5 Å². The van der Waals surface area contributed by atoms with E-state index in [0.29, 0.717) is 22.5 Å². The van der Waals surface area contributed by atoms with Gasteiger partial charge in [0.15, 0.2) is 0 Å². The number of hydrogen-bond acceptors (Lipinski definition) is 5. The molecule has 1 aliphatic heterocycles. The molecule has 0 bridgehead atoms. The molecule has 2 aromatic rings. The highest BCUT2D eigenvalue weighted by atomic mass is 16.6. The van der Waals surface area contributed by atoms with E-state index in [2.05, 4.69) is 32.0 Å². The second-order valence-electron chi connectivity index (χ2n) is 10.6. The summed E-state index contributed by atoms with van der Waals surface area (Å²) in [6.45, 7) is 4.29. The summed E-state index contributed by atoms with van der Waals surface area (Å²) in [6.07, 6.45) is 2.51. The summed E-state index contributed by atoms with van der Waals surface area (Å²) < 4.78 is 11.9. The number of piperidine rings is 1. The topological polar surface area (TPSA) is 62.3 Å². The number of likely N-dealkylation sites (tertiary alicyclic amines) is 1. The predicted molar refractivity (Wildman–Crippen MR) is 143 cm³/mol. The van der Waals surface area contributed by atoms with E-state index < -0.39 is 6.09 Å². The smallest absolute Gasteiger partial charge is 0.410 e. The van der Waals surface area contributed by atoms with Crippen molar-refractivity contribution in [3.63, 3.8) is 0 Å². The number of nitrogens with zero attached hydrogens (tertiary/aromatic N) is 4. The lowest BCUT2D eigenvalue weighted by Crippen LogP contribution is -2.39. The van der Waals surface area contributed by atoms with Crippen molar-refractivity contribution in [2.45, 2.75) is 38.8 Å². The molecule has 0 spiro atoms. The normalized spacial score (nSPS) is 14.9. The van der Waals surface area contributed by atoms with Crippen LogP contribution in [0.1, 0.15) is 43.4 Å². The molecule has 196 valence electrons. The van der Waals surface area contributed by atoms with Gasteiger partial charge in [0.25, 0.3) is 0 Å². The number of amides is 2. The van der Waals surface area contributed by atoms with E-state index in [-0.39, 0.29) is 12.1 Å². The lowest BCUT2D eigenvalue weighted by molar-refractivity contribution is 0.142. The molecule has 0 saturated carbocycles. The number of carbonyl (C=O) groups is 2. The third-order valence-electron chi connectivity index (χ3n) is 6.73. The average molecular weight is 498 g/mol. The molecule has 0 N–H and O–H groups in total. The van der Waals surface area contributed by atoms with Gasteiger partial charge in [-0.3, -0.25) is 4.48 Å². The molecule has 0 radical (unpaired) electrons. The molecule has 1 atom stereocenters. The highest BCUT2D eigenvalue weighted by molar-refractivity contribution is 5.71. The molecule has 1 unspecified atom stereocenters. The highest BCUT2D eigenvalue weighted by Crippen LogP contribution is 2.30. The Balaban J connectivity index is 1.87. The van der Waals surface area contributed by atoms with Crippen LogP contribution in [0.4, 0.5) is 15.3 Å². The van der Waals surface area contributed by atoms with Gasteiger partial charge in [0, 0.05) is 44.9 Å². The Labute approximate surface area is 215 Å². The maximum atomic E-state index is 12.8. The zero-order valence-corrected chi connectivity index (χ0v) is 22.8. The predicted octanol–water partition coefficient (Wildman–Crippen LogP) is 5.12. The van der Waals surface area contributed by atoms with Crippen molar-refractivity contribution in [2.24, 2.45) is 0 Å². The van der Waals surface area contributed by atoms with Crippen molar-refractivity contribution in [3.05, 3.63) is 53.6 Å². The lowest BCUT2D eigenvalue weighted by Gasteiger charge is -2.31. The molecule has 2 aromatic carbocycles. The van der Waals surface area contributed by atoms with Crippen LogP contribution < -0.4 is 14.0 Å². The third-order valence-corrected chi connectivity index (χ3v) is 6.73. The molecule has 36 heavy (non-hydrogen) atoms. The maximum absolute atomic E-state index is 12.8. The molecule has 8 nitrogen and oxygen atoms in total. The first-order valence-electron chi connectivity index (χ1n) is 12.6. The van der Waals surface area contributed by atoms with Gasteiger partial charge in [-0.2, -0.15) is 0 Å². The molecule has 1 heterocycles. The first-order valence-corrected chi connectivity index (χ1v) is 12.6. The average Bonchev–Trinajstić information content (AvgIpc) is 2.83. The van der Waals surface area contributed by atoms with E-state index in [4.69, 9.17) is 9.47 Å². The molecule has 1 saturated heterocycles. The maximum Gasteiger partial charge on any atom is 0.415 e. The van der Waals surface area contributed by atoms with Gasteiger partial charge in [-0.1, -0.05) is 6.07 Å². The van der Waals surface area contributed by atoms with Crippen LogP contribution in [-0.4, -0.2) is 82.3 Å². The summed E-state index contributed by atoms with van der Waals surface area (Å²) >= 11 is 0. The van der Waals surface area contributed by atoms with Crippen LogP contribution >= 0.6 is 0 Å².